The lowest BCUT2D eigenvalue weighted by Crippen LogP contribution is -2.35. The molecule has 1 unspecified atom stereocenters. The first-order chi connectivity index (χ1) is 15.1. The molecule has 31 heavy (non-hydrogen) atoms. The van der Waals surface area contributed by atoms with E-state index in [9.17, 15) is 9.90 Å². The van der Waals surface area contributed by atoms with E-state index in [1.807, 2.05) is 41.2 Å². The Hall–Kier alpha value is -3.43. The minimum atomic E-state index is -0.639. The number of aliphatic hydroxyl groups is 1. The Morgan fingerprint density at radius 2 is 1.97 bits per heavy atom. The Kier molecular flexibility index (Phi) is 6.44. The van der Waals surface area contributed by atoms with Crippen molar-refractivity contribution in [3.8, 4) is 11.8 Å². The Morgan fingerprint density at radius 3 is 2.71 bits per heavy atom. The molecule has 1 amide bonds. The predicted octanol–water partition coefficient (Wildman–Crippen LogP) is 3.08. The molecule has 0 radical (unpaired) electrons. The van der Waals surface area contributed by atoms with E-state index in [1.54, 1.807) is 25.5 Å². The largest absolute Gasteiger partial charge is 0.391 e. The second-order valence-corrected chi connectivity index (χ2v) is 8.04. The summed E-state index contributed by atoms with van der Waals surface area (Å²) in [4.78, 5) is 18.5. The second kappa shape index (κ2) is 9.59. The van der Waals surface area contributed by atoms with Crippen molar-refractivity contribution in [1.82, 2.24) is 19.7 Å². The number of carbonyl (C=O) groups excluding carboxylic acids is 1. The van der Waals surface area contributed by atoms with Crippen LogP contribution >= 0.6 is 0 Å². The molecule has 1 aliphatic carbocycles. The molecule has 4 rings (SSSR count). The molecule has 1 aromatic carbocycles. The minimum absolute atomic E-state index is 0.193. The molecule has 3 aromatic rings. The zero-order valence-corrected chi connectivity index (χ0v) is 17.6. The number of amides is 1. The molecule has 0 bridgehead atoms. The average molecular weight is 415 g/mol. The van der Waals surface area contributed by atoms with Crippen LogP contribution in [-0.2, 0) is 6.42 Å². The van der Waals surface area contributed by atoms with Crippen LogP contribution in [0, 0.1) is 11.8 Å². The third kappa shape index (κ3) is 5.39. The lowest BCUT2D eigenvalue weighted by Gasteiger charge is -2.25. The highest BCUT2D eigenvalue weighted by Gasteiger charge is 2.19. The Bertz CT molecular complexity index is 1090. The fourth-order valence-corrected chi connectivity index (χ4v) is 3.59. The van der Waals surface area contributed by atoms with Gasteiger partial charge in [-0.15, -0.1) is 0 Å². The number of aliphatic hydroxyl groups excluding tert-OH is 1. The molecule has 2 aromatic heterocycles. The van der Waals surface area contributed by atoms with Gasteiger partial charge in [0.1, 0.15) is 0 Å². The minimum Gasteiger partial charge on any atom is -0.391 e. The highest BCUT2D eigenvalue weighted by atomic mass is 16.3. The zero-order chi connectivity index (χ0) is 21.6. The summed E-state index contributed by atoms with van der Waals surface area (Å²) in [6.45, 7) is 0.240. The van der Waals surface area contributed by atoms with Crippen molar-refractivity contribution in [2.24, 2.45) is 0 Å². The lowest BCUT2D eigenvalue weighted by molar-refractivity contribution is 0.0681. The van der Waals surface area contributed by atoms with E-state index in [-0.39, 0.29) is 12.5 Å². The van der Waals surface area contributed by atoms with E-state index < -0.39 is 6.10 Å². The van der Waals surface area contributed by atoms with Crippen LogP contribution < -0.4 is 0 Å². The van der Waals surface area contributed by atoms with Crippen molar-refractivity contribution < 1.29 is 9.90 Å². The van der Waals surface area contributed by atoms with E-state index in [2.05, 4.69) is 21.9 Å². The third-order valence-corrected chi connectivity index (χ3v) is 5.53. The van der Waals surface area contributed by atoms with Gasteiger partial charge in [-0.1, -0.05) is 42.2 Å². The molecule has 0 aliphatic heterocycles. The summed E-state index contributed by atoms with van der Waals surface area (Å²) in [5, 5.41) is 14.7. The number of hydrogen-bond donors (Lipinski definition) is 1. The molecule has 158 valence electrons. The van der Waals surface area contributed by atoms with Crippen molar-refractivity contribution in [1.29, 1.82) is 0 Å². The molecule has 1 N–H and O–H groups in total. The van der Waals surface area contributed by atoms with Crippen LogP contribution in [-0.4, -0.2) is 50.4 Å². The Balaban J connectivity index is 1.38. The van der Waals surface area contributed by atoms with Gasteiger partial charge in [0.2, 0.25) is 0 Å². The van der Waals surface area contributed by atoms with Gasteiger partial charge in [0.15, 0.2) is 0 Å². The van der Waals surface area contributed by atoms with Crippen molar-refractivity contribution in [2.45, 2.75) is 37.8 Å². The van der Waals surface area contributed by atoms with Gasteiger partial charge in [-0.05, 0) is 30.9 Å². The smallest absolute Gasteiger partial charge is 0.255 e. The highest BCUT2D eigenvalue weighted by molar-refractivity contribution is 5.94. The summed E-state index contributed by atoms with van der Waals surface area (Å²) in [5.41, 5.74) is 3.01. The molecule has 6 heteroatoms. The maximum atomic E-state index is 12.8. The van der Waals surface area contributed by atoms with Crippen molar-refractivity contribution in [3.63, 3.8) is 0 Å². The van der Waals surface area contributed by atoms with Crippen LogP contribution in [0.25, 0.3) is 0 Å². The summed E-state index contributed by atoms with van der Waals surface area (Å²) in [5.74, 6) is 5.98. The fourth-order valence-electron chi connectivity index (χ4n) is 3.59. The molecule has 0 saturated heterocycles. The number of nitrogens with zero attached hydrogens (tertiary/aromatic N) is 4. The van der Waals surface area contributed by atoms with Crippen LogP contribution in [0.15, 0.2) is 61.2 Å². The number of benzene rings is 1. The van der Waals surface area contributed by atoms with Crippen LogP contribution in [0.4, 0.5) is 0 Å². The van der Waals surface area contributed by atoms with Crippen molar-refractivity contribution in [2.75, 3.05) is 13.6 Å². The number of rotatable bonds is 6. The van der Waals surface area contributed by atoms with E-state index >= 15 is 0 Å². The first-order valence-corrected chi connectivity index (χ1v) is 10.6. The van der Waals surface area contributed by atoms with Gasteiger partial charge in [0.05, 0.1) is 29.5 Å². The number of hydrogen-bond acceptors (Lipinski definition) is 4. The number of likely N-dealkylation sites (N-methyl/N-ethyl adjacent to an activating group) is 1. The molecule has 1 aliphatic rings. The molecule has 6 nitrogen and oxygen atoms in total. The number of aromatic nitrogens is 3. The van der Waals surface area contributed by atoms with Gasteiger partial charge in [0, 0.05) is 44.2 Å². The van der Waals surface area contributed by atoms with E-state index in [0.29, 0.717) is 23.6 Å². The summed E-state index contributed by atoms with van der Waals surface area (Å²) in [7, 11) is 1.68. The third-order valence-electron chi connectivity index (χ3n) is 5.53. The Labute approximate surface area is 182 Å². The maximum Gasteiger partial charge on any atom is 0.255 e. The topological polar surface area (TPSA) is 71.2 Å². The average Bonchev–Trinajstić information content (AvgIpc) is 3.19. The van der Waals surface area contributed by atoms with Gasteiger partial charge in [0.25, 0.3) is 5.91 Å². The second-order valence-electron chi connectivity index (χ2n) is 8.04. The Morgan fingerprint density at radius 1 is 1.19 bits per heavy atom. The van der Waals surface area contributed by atoms with E-state index in [1.165, 1.54) is 30.4 Å². The first-order valence-electron chi connectivity index (χ1n) is 10.6. The molecule has 2 heterocycles. The molecule has 1 fully saturated rings. The van der Waals surface area contributed by atoms with E-state index in [4.69, 9.17) is 0 Å². The van der Waals surface area contributed by atoms with Gasteiger partial charge in [-0.25, -0.2) is 0 Å². The first kappa shape index (κ1) is 20.8. The van der Waals surface area contributed by atoms with Gasteiger partial charge >= 0.3 is 0 Å². The molecular weight excluding hydrogens is 388 g/mol. The maximum absolute atomic E-state index is 12.8. The van der Waals surface area contributed by atoms with Gasteiger partial charge in [-0.2, -0.15) is 5.10 Å². The predicted molar refractivity (Wildman–Crippen MR) is 118 cm³/mol. The van der Waals surface area contributed by atoms with Crippen LogP contribution in [0.2, 0.25) is 0 Å². The molecule has 1 saturated carbocycles. The summed E-state index contributed by atoms with van der Waals surface area (Å²) in [6, 6.07) is 12.0. The van der Waals surface area contributed by atoms with Crippen LogP contribution in [0.3, 0.4) is 0 Å². The summed E-state index contributed by atoms with van der Waals surface area (Å²) >= 11 is 0. The molecule has 1 atom stereocenters. The van der Waals surface area contributed by atoms with Crippen LogP contribution in [0.1, 0.15) is 52.4 Å². The highest BCUT2D eigenvalue weighted by Crippen LogP contribution is 2.30. The van der Waals surface area contributed by atoms with E-state index in [0.717, 1.165) is 11.1 Å². The normalized spacial score (nSPS) is 14.3. The fraction of sp³-hybridized carbons (Fsp3) is 0.320. The quantitative estimate of drug-likeness (QED) is 0.630. The molecular formula is C25H26N4O2. The monoisotopic (exact) mass is 414 g/mol. The van der Waals surface area contributed by atoms with Crippen molar-refractivity contribution >= 4 is 5.91 Å². The standard InChI is InChI=1S/C25H26N4O2/c1-28(18-24(30)13-19-6-3-2-4-7-19)25(31)22-12-20(14-26-16-22)10-11-21-15-27-29(17-21)23-8-5-9-23/h2-4,6-7,12,14-17,23-24,30H,5,8-9,13,18H2,1H3. The van der Waals surface area contributed by atoms with Gasteiger partial charge < -0.3 is 10.0 Å². The molecule has 0 spiro atoms. The number of pyridine rings is 1. The SMILES string of the molecule is CN(CC(O)Cc1ccccc1)C(=O)c1cncc(C#Cc2cnn(C3CCC3)c2)c1. The number of carbonyl (C=O) groups is 1. The lowest BCUT2D eigenvalue weighted by atomic mass is 9.93. The van der Waals surface area contributed by atoms with Crippen molar-refractivity contribution in [3.05, 3.63) is 83.4 Å². The summed E-state index contributed by atoms with van der Waals surface area (Å²) in [6.07, 6.45) is 10.4. The zero-order valence-electron chi connectivity index (χ0n) is 17.6. The van der Waals surface area contributed by atoms with Gasteiger partial charge in [-0.3, -0.25) is 14.5 Å². The van der Waals surface area contributed by atoms with Crippen LogP contribution in [0.5, 0.6) is 0 Å². The summed E-state index contributed by atoms with van der Waals surface area (Å²) < 4.78 is 1.99.